The number of aliphatic imine (C=N–C) groups is 1. The molecule has 0 saturated heterocycles. The van der Waals surface area contributed by atoms with Gasteiger partial charge in [0, 0.05) is 5.69 Å². The summed E-state index contributed by atoms with van der Waals surface area (Å²) in [5, 5.41) is 3.52. The summed E-state index contributed by atoms with van der Waals surface area (Å²) in [6, 6.07) is 10.5. The van der Waals surface area contributed by atoms with Gasteiger partial charge >= 0.3 is 0 Å². The van der Waals surface area contributed by atoms with Gasteiger partial charge in [-0.2, -0.15) is 0 Å². The van der Waals surface area contributed by atoms with Crippen LogP contribution in [0.1, 0.15) is 24.3 Å². The fraction of sp³-hybridized carbons (Fsp3) is 0.316. The number of hydrogen-bond donors (Lipinski definition) is 2. The maximum Gasteiger partial charge on any atom is 0.193 e. The molecular weight excluding hydrogens is 357 g/mol. The molecule has 1 fully saturated rings. The van der Waals surface area contributed by atoms with E-state index in [9.17, 15) is 4.39 Å². The standard InChI is InChI=1S/C19H21ClFN3O2/c1-25-17-6-4-13(10-15(17)20)23-19(22)24-14-7-12(8-14)11-3-5-18(26-2)16(21)9-11/h3-6,9-10,12,14H,7-8H2,1-2H3,(H3,22,23,24). The zero-order valence-corrected chi connectivity index (χ0v) is 15.4. The van der Waals surface area contributed by atoms with Crippen LogP contribution in [0.3, 0.4) is 0 Å². The van der Waals surface area contributed by atoms with Gasteiger partial charge in [0.15, 0.2) is 17.5 Å². The fourth-order valence-electron chi connectivity index (χ4n) is 3.02. The Morgan fingerprint density at radius 1 is 1.15 bits per heavy atom. The summed E-state index contributed by atoms with van der Waals surface area (Å²) in [7, 11) is 3.02. The largest absolute Gasteiger partial charge is 0.495 e. The Bertz CT molecular complexity index is 822. The lowest BCUT2D eigenvalue weighted by atomic mass is 9.76. The molecule has 0 unspecified atom stereocenters. The second kappa shape index (κ2) is 7.83. The number of nitrogens with zero attached hydrogens (tertiary/aromatic N) is 1. The summed E-state index contributed by atoms with van der Waals surface area (Å²) in [5.74, 6) is 1.13. The van der Waals surface area contributed by atoms with Crippen molar-refractivity contribution in [2.75, 3.05) is 19.5 Å². The van der Waals surface area contributed by atoms with E-state index in [1.54, 1.807) is 25.3 Å². The normalized spacial score (nSPS) is 19.6. The van der Waals surface area contributed by atoms with E-state index in [0.717, 1.165) is 24.1 Å². The first-order chi connectivity index (χ1) is 12.5. The number of halogens is 2. The van der Waals surface area contributed by atoms with Gasteiger partial charge in [0.1, 0.15) is 5.75 Å². The zero-order valence-electron chi connectivity index (χ0n) is 14.6. The number of anilines is 1. The smallest absolute Gasteiger partial charge is 0.193 e. The van der Waals surface area contributed by atoms with Crippen molar-refractivity contribution in [1.29, 1.82) is 0 Å². The van der Waals surface area contributed by atoms with Crippen LogP contribution in [0.25, 0.3) is 0 Å². The second-order valence-corrected chi connectivity index (χ2v) is 6.61. The first-order valence-corrected chi connectivity index (χ1v) is 8.65. The highest BCUT2D eigenvalue weighted by Gasteiger charge is 2.30. The molecule has 0 aliphatic heterocycles. The van der Waals surface area contributed by atoms with Gasteiger partial charge in [-0.25, -0.2) is 9.38 Å². The quantitative estimate of drug-likeness (QED) is 0.606. The van der Waals surface area contributed by atoms with Gasteiger partial charge in [0.05, 0.1) is 25.3 Å². The van der Waals surface area contributed by atoms with Gasteiger partial charge in [-0.1, -0.05) is 17.7 Å². The average molecular weight is 378 g/mol. The van der Waals surface area contributed by atoms with Crippen LogP contribution >= 0.6 is 11.6 Å². The molecule has 7 heteroatoms. The summed E-state index contributed by atoms with van der Waals surface area (Å²) in [5.41, 5.74) is 7.67. The molecule has 0 heterocycles. The Morgan fingerprint density at radius 3 is 2.46 bits per heavy atom. The van der Waals surface area contributed by atoms with Gasteiger partial charge in [-0.05, 0) is 54.7 Å². The van der Waals surface area contributed by atoms with E-state index < -0.39 is 0 Å². The number of guanidine groups is 1. The molecule has 0 amide bonds. The van der Waals surface area contributed by atoms with Gasteiger partial charge in [-0.3, -0.25) is 0 Å². The predicted molar refractivity (Wildman–Crippen MR) is 102 cm³/mol. The van der Waals surface area contributed by atoms with Crippen LogP contribution in [-0.4, -0.2) is 26.2 Å². The van der Waals surface area contributed by atoms with Crippen molar-refractivity contribution in [3.63, 3.8) is 0 Å². The van der Waals surface area contributed by atoms with Crippen molar-refractivity contribution in [1.82, 2.24) is 0 Å². The topological polar surface area (TPSA) is 68.9 Å². The van der Waals surface area contributed by atoms with Crippen LogP contribution in [0.2, 0.25) is 5.02 Å². The van der Waals surface area contributed by atoms with E-state index >= 15 is 0 Å². The lowest BCUT2D eigenvalue weighted by Crippen LogP contribution is -2.31. The molecule has 26 heavy (non-hydrogen) atoms. The fourth-order valence-corrected chi connectivity index (χ4v) is 3.28. The molecule has 0 bridgehead atoms. The van der Waals surface area contributed by atoms with E-state index in [-0.39, 0.29) is 23.5 Å². The van der Waals surface area contributed by atoms with Crippen LogP contribution in [-0.2, 0) is 0 Å². The molecular formula is C19H21ClFN3O2. The molecule has 1 aliphatic rings. The summed E-state index contributed by atoms with van der Waals surface area (Å²) in [4.78, 5) is 4.47. The SMILES string of the molecule is COc1ccc(C2CC(N=C(N)Nc3ccc(OC)c(Cl)c3)C2)cc1F. The maximum atomic E-state index is 13.8. The first kappa shape index (κ1) is 18.3. The molecule has 0 radical (unpaired) electrons. The van der Waals surface area contributed by atoms with Crippen molar-refractivity contribution in [2.45, 2.75) is 24.8 Å². The number of hydrogen-bond acceptors (Lipinski definition) is 3. The number of rotatable bonds is 5. The third kappa shape index (κ3) is 4.02. The van der Waals surface area contributed by atoms with Gasteiger partial charge < -0.3 is 20.5 Å². The maximum absolute atomic E-state index is 13.8. The molecule has 5 nitrogen and oxygen atoms in total. The molecule has 2 aromatic carbocycles. The van der Waals surface area contributed by atoms with E-state index in [2.05, 4.69) is 10.3 Å². The first-order valence-electron chi connectivity index (χ1n) is 8.27. The minimum atomic E-state index is -0.338. The van der Waals surface area contributed by atoms with Gasteiger partial charge in [0.2, 0.25) is 0 Å². The lowest BCUT2D eigenvalue weighted by Gasteiger charge is -2.33. The monoisotopic (exact) mass is 377 g/mol. The van der Waals surface area contributed by atoms with Crippen molar-refractivity contribution in [3.05, 3.63) is 52.8 Å². The highest BCUT2D eigenvalue weighted by Crippen LogP contribution is 2.39. The third-order valence-corrected chi connectivity index (χ3v) is 4.80. The molecule has 3 rings (SSSR count). The number of methoxy groups -OCH3 is 2. The molecule has 0 atom stereocenters. The molecule has 0 aromatic heterocycles. The Kier molecular flexibility index (Phi) is 5.52. The van der Waals surface area contributed by atoms with Gasteiger partial charge in [-0.15, -0.1) is 0 Å². The van der Waals surface area contributed by atoms with Crippen molar-refractivity contribution < 1.29 is 13.9 Å². The predicted octanol–water partition coefficient (Wildman–Crippen LogP) is 4.17. The number of nitrogens with two attached hydrogens (primary N) is 1. The third-order valence-electron chi connectivity index (χ3n) is 4.51. The molecule has 1 saturated carbocycles. The lowest BCUT2D eigenvalue weighted by molar-refractivity contribution is 0.349. The van der Waals surface area contributed by atoms with Crippen molar-refractivity contribution in [2.24, 2.45) is 10.7 Å². The Balaban J connectivity index is 1.57. The minimum Gasteiger partial charge on any atom is -0.495 e. The van der Waals surface area contributed by atoms with Crippen LogP contribution < -0.4 is 20.5 Å². The Hall–Kier alpha value is -2.47. The summed E-state index contributed by atoms with van der Waals surface area (Å²) in [6.07, 6.45) is 1.66. The molecule has 1 aliphatic carbocycles. The van der Waals surface area contributed by atoms with E-state index in [1.165, 1.54) is 13.2 Å². The zero-order chi connectivity index (χ0) is 18.7. The minimum absolute atomic E-state index is 0.117. The van der Waals surface area contributed by atoms with Crippen molar-refractivity contribution >= 4 is 23.2 Å². The van der Waals surface area contributed by atoms with Crippen molar-refractivity contribution in [3.8, 4) is 11.5 Å². The van der Waals surface area contributed by atoms with Crippen LogP contribution in [0, 0.1) is 5.82 Å². The number of benzene rings is 2. The summed E-state index contributed by atoms with van der Waals surface area (Å²) < 4.78 is 23.9. The molecule has 138 valence electrons. The highest BCUT2D eigenvalue weighted by atomic mass is 35.5. The summed E-state index contributed by atoms with van der Waals surface area (Å²) >= 11 is 6.09. The van der Waals surface area contributed by atoms with Crippen LogP contribution in [0.4, 0.5) is 10.1 Å². The van der Waals surface area contributed by atoms with Crippen LogP contribution in [0.15, 0.2) is 41.4 Å². The van der Waals surface area contributed by atoms with E-state index in [1.807, 2.05) is 12.1 Å². The van der Waals surface area contributed by atoms with E-state index in [0.29, 0.717) is 16.7 Å². The second-order valence-electron chi connectivity index (χ2n) is 6.20. The Morgan fingerprint density at radius 2 is 1.85 bits per heavy atom. The average Bonchev–Trinajstić information content (AvgIpc) is 2.58. The molecule has 2 aromatic rings. The molecule has 0 spiro atoms. The number of ether oxygens (including phenoxy) is 2. The summed E-state index contributed by atoms with van der Waals surface area (Å²) in [6.45, 7) is 0. The van der Waals surface area contributed by atoms with Crippen LogP contribution in [0.5, 0.6) is 11.5 Å². The highest BCUT2D eigenvalue weighted by molar-refractivity contribution is 6.32. The number of nitrogens with one attached hydrogen (secondary N) is 1. The molecule has 3 N–H and O–H groups in total. The van der Waals surface area contributed by atoms with Gasteiger partial charge in [0.25, 0.3) is 0 Å². The Labute approximate surface area is 157 Å². The van der Waals surface area contributed by atoms with E-state index in [4.69, 9.17) is 26.8 Å².